The van der Waals surface area contributed by atoms with Crippen molar-refractivity contribution in [1.82, 2.24) is 4.57 Å². The minimum absolute atomic E-state index is 0.831. The highest BCUT2D eigenvalue weighted by Crippen LogP contribution is 2.46. The van der Waals surface area contributed by atoms with Gasteiger partial charge in [0.1, 0.15) is 16.7 Å². The maximum Gasteiger partial charge on any atom is 0.159 e. The lowest BCUT2D eigenvalue weighted by molar-refractivity contribution is 0.669. The van der Waals surface area contributed by atoms with E-state index >= 15 is 0 Å². The third-order valence-corrected chi connectivity index (χ3v) is 12.8. The molecular weight excluding hydrogens is 781 g/mol. The van der Waals surface area contributed by atoms with E-state index in [4.69, 9.17) is 8.83 Å². The third-order valence-electron chi connectivity index (χ3n) is 12.8. The average molecular weight is 819 g/mol. The SMILES string of the molecule is c1ccc(-c2cc(-c3cccc4c3oc3ccccc34)cc(N(c3ccc(-c4ccc5c6ccccc6n(-c6ccccc6)c5c4)cc3)c3cccc4c3oc3ccccc34)c2)cc1. The van der Waals surface area contributed by atoms with Crippen LogP contribution in [0, 0.1) is 0 Å². The number of furan rings is 2. The standard InChI is InChI=1S/C60H38N2O2/c1-3-15-39(16-4-1)42-35-43(47-22-13-23-52-50-20-8-11-27-57(50)63-59(47)52)37-46(36-42)61(55-26-14-24-53-51-21-9-12-28-58(51)64-60(53)55)45-32-29-40(30-33-45)41-31-34-49-48-19-7-10-25-54(48)62(56(49)38-41)44-17-5-2-6-18-44/h1-38H. The molecule has 0 aliphatic heterocycles. The molecule has 10 aromatic carbocycles. The topological polar surface area (TPSA) is 34.5 Å². The highest BCUT2D eigenvalue weighted by molar-refractivity contribution is 6.13. The molecule has 0 saturated heterocycles. The van der Waals surface area contributed by atoms with Crippen molar-refractivity contribution in [1.29, 1.82) is 0 Å². The molecule has 0 N–H and O–H groups in total. The molecule has 64 heavy (non-hydrogen) atoms. The summed E-state index contributed by atoms with van der Waals surface area (Å²) in [5.74, 6) is 0. The van der Waals surface area contributed by atoms with Gasteiger partial charge in [-0.15, -0.1) is 0 Å². The monoisotopic (exact) mass is 818 g/mol. The molecule has 0 saturated carbocycles. The summed E-state index contributed by atoms with van der Waals surface area (Å²) in [5, 5.41) is 6.85. The Bertz CT molecular complexity index is 3890. The molecule has 0 unspecified atom stereocenters. The maximum atomic E-state index is 6.78. The van der Waals surface area contributed by atoms with E-state index in [2.05, 4.69) is 222 Å². The van der Waals surface area contributed by atoms with Gasteiger partial charge in [0.15, 0.2) is 5.58 Å². The van der Waals surface area contributed by atoms with Crippen molar-refractivity contribution in [3.63, 3.8) is 0 Å². The fourth-order valence-electron chi connectivity index (χ4n) is 9.81. The Morgan fingerprint density at radius 1 is 0.312 bits per heavy atom. The maximum absolute atomic E-state index is 6.78. The van der Waals surface area contributed by atoms with Crippen molar-refractivity contribution in [2.45, 2.75) is 0 Å². The fraction of sp³-hybridized carbons (Fsp3) is 0. The van der Waals surface area contributed by atoms with E-state index in [0.29, 0.717) is 0 Å². The lowest BCUT2D eigenvalue weighted by Crippen LogP contribution is -2.10. The van der Waals surface area contributed by atoms with E-state index in [-0.39, 0.29) is 0 Å². The summed E-state index contributed by atoms with van der Waals surface area (Å²) in [6.07, 6.45) is 0. The van der Waals surface area contributed by atoms with E-state index in [0.717, 1.165) is 100 Å². The first kappa shape index (κ1) is 36.1. The molecule has 0 amide bonds. The van der Waals surface area contributed by atoms with Gasteiger partial charge in [-0.3, -0.25) is 0 Å². The molecule has 0 spiro atoms. The number of anilines is 3. The van der Waals surface area contributed by atoms with Gasteiger partial charge in [0.25, 0.3) is 0 Å². The Morgan fingerprint density at radius 2 is 0.875 bits per heavy atom. The minimum Gasteiger partial charge on any atom is -0.455 e. The van der Waals surface area contributed by atoms with Crippen LogP contribution in [0.1, 0.15) is 0 Å². The van der Waals surface area contributed by atoms with Crippen LogP contribution in [0.3, 0.4) is 0 Å². The molecule has 4 nitrogen and oxygen atoms in total. The predicted molar refractivity (Wildman–Crippen MR) is 266 cm³/mol. The first-order chi connectivity index (χ1) is 31.7. The summed E-state index contributed by atoms with van der Waals surface area (Å²) in [6, 6.07) is 82.2. The van der Waals surface area contributed by atoms with Crippen molar-refractivity contribution in [3.05, 3.63) is 231 Å². The lowest BCUT2D eigenvalue weighted by atomic mass is 9.96. The van der Waals surface area contributed by atoms with Crippen LogP contribution in [-0.4, -0.2) is 4.57 Å². The van der Waals surface area contributed by atoms with Crippen LogP contribution in [0.4, 0.5) is 17.1 Å². The zero-order chi connectivity index (χ0) is 42.1. The molecule has 0 bridgehead atoms. The van der Waals surface area contributed by atoms with Crippen molar-refractivity contribution < 1.29 is 8.83 Å². The van der Waals surface area contributed by atoms with Gasteiger partial charge in [-0.2, -0.15) is 0 Å². The molecule has 0 atom stereocenters. The summed E-state index contributed by atoms with van der Waals surface area (Å²) < 4.78 is 15.8. The molecule has 4 heteroatoms. The smallest absolute Gasteiger partial charge is 0.159 e. The lowest BCUT2D eigenvalue weighted by Gasteiger charge is -2.27. The number of aromatic nitrogens is 1. The number of hydrogen-bond acceptors (Lipinski definition) is 3. The van der Waals surface area contributed by atoms with Gasteiger partial charge in [-0.25, -0.2) is 0 Å². The summed E-state index contributed by atoms with van der Waals surface area (Å²) in [5.41, 5.74) is 16.5. The van der Waals surface area contributed by atoms with E-state index < -0.39 is 0 Å². The molecule has 0 fully saturated rings. The molecule has 0 aliphatic rings. The highest BCUT2D eigenvalue weighted by atomic mass is 16.3. The quantitative estimate of drug-likeness (QED) is 0.161. The largest absolute Gasteiger partial charge is 0.455 e. The van der Waals surface area contributed by atoms with Crippen molar-refractivity contribution >= 4 is 82.7 Å². The van der Waals surface area contributed by atoms with Gasteiger partial charge < -0.3 is 18.3 Å². The zero-order valence-electron chi connectivity index (χ0n) is 34.7. The second-order valence-corrected chi connectivity index (χ2v) is 16.5. The van der Waals surface area contributed by atoms with Gasteiger partial charge >= 0.3 is 0 Å². The van der Waals surface area contributed by atoms with Gasteiger partial charge in [0, 0.05) is 54.9 Å². The van der Waals surface area contributed by atoms with Crippen LogP contribution >= 0.6 is 0 Å². The van der Waals surface area contributed by atoms with Crippen molar-refractivity contribution in [3.8, 4) is 39.1 Å². The molecule has 0 radical (unpaired) electrons. The second-order valence-electron chi connectivity index (χ2n) is 16.5. The Kier molecular flexibility index (Phi) is 8.18. The summed E-state index contributed by atoms with van der Waals surface area (Å²) in [7, 11) is 0. The summed E-state index contributed by atoms with van der Waals surface area (Å²) in [6.45, 7) is 0. The Morgan fingerprint density at radius 3 is 1.64 bits per heavy atom. The third kappa shape index (κ3) is 5.77. The molecule has 13 rings (SSSR count). The van der Waals surface area contributed by atoms with Crippen LogP contribution in [0.5, 0.6) is 0 Å². The van der Waals surface area contributed by atoms with Crippen molar-refractivity contribution in [2.75, 3.05) is 4.90 Å². The minimum atomic E-state index is 0.831. The fourth-order valence-corrected chi connectivity index (χ4v) is 9.81. The number of benzene rings is 10. The van der Waals surface area contributed by atoms with Gasteiger partial charge in [0.05, 0.1) is 16.7 Å². The second kappa shape index (κ2) is 14.5. The number of hydrogen-bond donors (Lipinski definition) is 0. The number of nitrogens with zero attached hydrogens (tertiary/aromatic N) is 2. The molecule has 3 heterocycles. The van der Waals surface area contributed by atoms with E-state index in [1.807, 2.05) is 18.2 Å². The average Bonchev–Trinajstić information content (AvgIpc) is 4.05. The van der Waals surface area contributed by atoms with Crippen LogP contribution in [0.2, 0.25) is 0 Å². The Balaban J connectivity index is 1.02. The molecule has 300 valence electrons. The van der Waals surface area contributed by atoms with E-state index in [1.54, 1.807) is 0 Å². The normalized spacial score (nSPS) is 11.8. The van der Waals surface area contributed by atoms with Crippen LogP contribution < -0.4 is 4.90 Å². The van der Waals surface area contributed by atoms with Crippen molar-refractivity contribution in [2.24, 2.45) is 0 Å². The molecular formula is C60H38N2O2. The van der Waals surface area contributed by atoms with Crippen LogP contribution in [-0.2, 0) is 0 Å². The Hall–Kier alpha value is -8.60. The first-order valence-corrected chi connectivity index (χ1v) is 21.7. The molecule has 13 aromatic rings. The highest BCUT2D eigenvalue weighted by Gasteiger charge is 2.22. The summed E-state index contributed by atoms with van der Waals surface area (Å²) >= 11 is 0. The summed E-state index contributed by atoms with van der Waals surface area (Å²) in [4.78, 5) is 2.35. The van der Waals surface area contributed by atoms with E-state index in [9.17, 15) is 0 Å². The van der Waals surface area contributed by atoms with Gasteiger partial charge in [-0.1, -0.05) is 158 Å². The molecule has 3 aromatic heterocycles. The number of fused-ring (bicyclic) bond motifs is 9. The zero-order valence-corrected chi connectivity index (χ0v) is 34.7. The number of para-hydroxylation sites is 6. The molecule has 0 aliphatic carbocycles. The number of rotatable bonds is 7. The van der Waals surface area contributed by atoms with Gasteiger partial charge in [0.2, 0.25) is 0 Å². The van der Waals surface area contributed by atoms with Crippen LogP contribution in [0.25, 0.3) is 105 Å². The predicted octanol–water partition coefficient (Wildman–Crippen LogP) is 17.1. The Labute approximate surface area is 369 Å². The first-order valence-electron chi connectivity index (χ1n) is 21.7. The van der Waals surface area contributed by atoms with Gasteiger partial charge in [-0.05, 0) is 101 Å². The van der Waals surface area contributed by atoms with Crippen LogP contribution in [0.15, 0.2) is 239 Å². The van der Waals surface area contributed by atoms with E-state index in [1.165, 1.54) is 21.8 Å².